The molecule has 4 nitrogen and oxygen atoms in total. The van der Waals surface area contributed by atoms with Gasteiger partial charge < -0.3 is 5.32 Å². The highest BCUT2D eigenvalue weighted by atomic mass is 32.1. The minimum absolute atomic E-state index is 0.114. The van der Waals surface area contributed by atoms with E-state index in [0.717, 1.165) is 35.8 Å². The second-order valence-corrected chi connectivity index (χ2v) is 6.07. The molecule has 3 aromatic rings. The van der Waals surface area contributed by atoms with E-state index in [1.165, 1.54) is 24.0 Å². The first-order valence-corrected chi connectivity index (χ1v) is 8.19. The summed E-state index contributed by atoms with van der Waals surface area (Å²) in [7, 11) is 0. The Kier molecular flexibility index (Phi) is 3.35. The number of hydrogen-bond acceptors (Lipinski definition) is 4. The van der Waals surface area contributed by atoms with Gasteiger partial charge in [-0.25, -0.2) is 0 Å². The molecule has 5 heteroatoms. The first-order chi connectivity index (χ1) is 10.8. The van der Waals surface area contributed by atoms with Crippen molar-refractivity contribution in [3.8, 4) is 0 Å². The Morgan fingerprint density at radius 2 is 1.91 bits per heavy atom. The van der Waals surface area contributed by atoms with E-state index in [9.17, 15) is 4.79 Å². The second-order valence-electron chi connectivity index (χ2n) is 5.54. The summed E-state index contributed by atoms with van der Waals surface area (Å²) in [6.45, 7) is 0. The van der Waals surface area contributed by atoms with Gasteiger partial charge in [0.05, 0.1) is 17.3 Å². The largest absolute Gasteiger partial charge is 0.322 e. The molecule has 0 aliphatic heterocycles. The van der Waals surface area contributed by atoms with Crippen LogP contribution in [-0.4, -0.2) is 14.7 Å². The maximum atomic E-state index is 12.6. The van der Waals surface area contributed by atoms with Crippen LogP contribution in [0, 0.1) is 0 Å². The lowest BCUT2D eigenvalue weighted by molar-refractivity contribution is 0.102. The van der Waals surface area contributed by atoms with E-state index in [-0.39, 0.29) is 5.91 Å². The summed E-state index contributed by atoms with van der Waals surface area (Å²) in [5.74, 6) is -0.114. The van der Waals surface area contributed by atoms with Gasteiger partial charge in [0.15, 0.2) is 0 Å². The van der Waals surface area contributed by atoms with Gasteiger partial charge in [-0.1, -0.05) is 18.2 Å². The molecule has 0 saturated heterocycles. The Bertz CT molecular complexity index is 856. The van der Waals surface area contributed by atoms with Crippen LogP contribution in [0.15, 0.2) is 36.4 Å². The number of rotatable bonds is 2. The molecule has 0 atom stereocenters. The van der Waals surface area contributed by atoms with Crippen molar-refractivity contribution in [3.05, 3.63) is 53.1 Å². The van der Waals surface area contributed by atoms with E-state index in [0.29, 0.717) is 11.1 Å². The number of carbonyl (C=O) groups excluding carboxylic acids is 1. The average Bonchev–Trinajstić information content (AvgIpc) is 3.03. The van der Waals surface area contributed by atoms with Crippen molar-refractivity contribution < 1.29 is 4.79 Å². The molecule has 1 aromatic heterocycles. The SMILES string of the molecule is O=C(Nc1cccc2c1CCCC2)c1cccc2nsnc12. The van der Waals surface area contributed by atoms with Crippen LogP contribution in [0.4, 0.5) is 5.69 Å². The van der Waals surface area contributed by atoms with Gasteiger partial charge in [-0.05, 0) is 55.0 Å². The monoisotopic (exact) mass is 309 g/mol. The zero-order chi connectivity index (χ0) is 14.9. The minimum atomic E-state index is -0.114. The lowest BCUT2D eigenvalue weighted by Crippen LogP contribution is -2.15. The lowest BCUT2D eigenvalue weighted by Gasteiger charge is -2.19. The van der Waals surface area contributed by atoms with E-state index >= 15 is 0 Å². The van der Waals surface area contributed by atoms with Crippen molar-refractivity contribution in [1.82, 2.24) is 8.75 Å². The number of benzene rings is 2. The van der Waals surface area contributed by atoms with Crippen molar-refractivity contribution in [3.63, 3.8) is 0 Å². The predicted molar refractivity (Wildman–Crippen MR) is 88.5 cm³/mol. The maximum Gasteiger partial charge on any atom is 0.257 e. The topological polar surface area (TPSA) is 54.9 Å². The molecule has 1 N–H and O–H groups in total. The summed E-state index contributed by atoms with van der Waals surface area (Å²) in [4.78, 5) is 12.6. The van der Waals surface area contributed by atoms with Gasteiger partial charge in [-0.15, -0.1) is 0 Å². The number of carbonyl (C=O) groups is 1. The van der Waals surface area contributed by atoms with Gasteiger partial charge in [0.2, 0.25) is 0 Å². The molecular weight excluding hydrogens is 294 g/mol. The van der Waals surface area contributed by atoms with E-state index in [1.54, 1.807) is 6.07 Å². The summed E-state index contributed by atoms with van der Waals surface area (Å²) in [6.07, 6.45) is 4.55. The fourth-order valence-corrected chi connectivity index (χ4v) is 3.63. The highest BCUT2D eigenvalue weighted by Crippen LogP contribution is 2.28. The Morgan fingerprint density at radius 1 is 1.05 bits per heavy atom. The molecule has 1 heterocycles. The molecule has 1 amide bonds. The second kappa shape index (κ2) is 5.50. The van der Waals surface area contributed by atoms with Gasteiger partial charge in [-0.2, -0.15) is 8.75 Å². The van der Waals surface area contributed by atoms with Crippen LogP contribution in [0.2, 0.25) is 0 Å². The van der Waals surface area contributed by atoms with Crippen LogP contribution >= 0.6 is 11.7 Å². The predicted octanol–water partition coefficient (Wildman–Crippen LogP) is 3.82. The fourth-order valence-electron chi connectivity index (χ4n) is 3.08. The fraction of sp³-hybridized carbons (Fsp3) is 0.235. The quantitative estimate of drug-likeness (QED) is 0.783. The zero-order valence-electron chi connectivity index (χ0n) is 12.0. The summed E-state index contributed by atoms with van der Waals surface area (Å²) < 4.78 is 8.43. The molecule has 22 heavy (non-hydrogen) atoms. The number of fused-ring (bicyclic) bond motifs is 2. The molecule has 0 fully saturated rings. The van der Waals surface area contributed by atoms with Crippen LogP contribution in [-0.2, 0) is 12.8 Å². The summed E-state index contributed by atoms with van der Waals surface area (Å²) in [5.41, 5.74) is 5.60. The summed E-state index contributed by atoms with van der Waals surface area (Å²) in [6, 6.07) is 11.7. The van der Waals surface area contributed by atoms with Gasteiger partial charge in [0.1, 0.15) is 11.0 Å². The highest BCUT2D eigenvalue weighted by molar-refractivity contribution is 7.00. The van der Waals surface area contributed by atoms with Crippen LogP contribution in [0.25, 0.3) is 11.0 Å². The number of nitrogens with zero attached hydrogens (tertiary/aromatic N) is 2. The molecule has 0 bridgehead atoms. The molecule has 0 radical (unpaired) electrons. The minimum Gasteiger partial charge on any atom is -0.322 e. The number of aryl methyl sites for hydroxylation is 1. The smallest absolute Gasteiger partial charge is 0.257 e. The molecule has 4 rings (SSSR count). The molecule has 0 unspecified atom stereocenters. The third-order valence-corrected chi connectivity index (χ3v) is 4.72. The molecule has 110 valence electrons. The first-order valence-electron chi connectivity index (χ1n) is 7.46. The van der Waals surface area contributed by atoms with E-state index in [2.05, 4.69) is 20.1 Å². The van der Waals surface area contributed by atoms with Crippen molar-refractivity contribution in [1.29, 1.82) is 0 Å². The van der Waals surface area contributed by atoms with Gasteiger partial charge in [-0.3, -0.25) is 4.79 Å². The van der Waals surface area contributed by atoms with Crippen molar-refractivity contribution in [2.45, 2.75) is 25.7 Å². The average molecular weight is 309 g/mol. The molecule has 0 saturated carbocycles. The first kappa shape index (κ1) is 13.4. The standard InChI is InChI=1S/C17H15N3OS/c21-17(13-8-4-10-15-16(13)20-22-19-15)18-14-9-3-6-11-5-1-2-7-12(11)14/h3-4,6,8-10H,1-2,5,7H2,(H,18,21). The number of nitrogens with one attached hydrogen (secondary N) is 1. The Hall–Kier alpha value is -2.27. The number of anilines is 1. The molecule has 1 aliphatic rings. The van der Waals surface area contributed by atoms with Crippen molar-refractivity contribution in [2.75, 3.05) is 5.32 Å². The van der Waals surface area contributed by atoms with E-state index in [1.807, 2.05) is 24.3 Å². The number of hydrogen-bond donors (Lipinski definition) is 1. The van der Waals surface area contributed by atoms with Gasteiger partial charge in [0.25, 0.3) is 5.91 Å². The molecule has 2 aromatic carbocycles. The van der Waals surface area contributed by atoms with E-state index < -0.39 is 0 Å². The number of amides is 1. The molecule has 1 aliphatic carbocycles. The summed E-state index contributed by atoms with van der Waals surface area (Å²) in [5, 5.41) is 3.07. The Morgan fingerprint density at radius 3 is 2.86 bits per heavy atom. The summed E-state index contributed by atoms with van der Waals surface area (Å²) >= 11 is 1.13. The molecular formula is C17H15N3OS. The zero-order valence-corrected chi connectivity index (χ0v) is 12.8. The number of aromatic nitrogens is 2. The maximum absolute atomic E-state index is 12.6. The Balaban J connectivity index is 1.69. The van der Waals surface area contributed by atoms with Crippen LogP contribution in [0.1, 0.15) is 34.3 Å². The third kappa shape index (κ3) is 2.27. The highest BCUT2D eigenvalue weighted by Gasteiger charge is 2.17. The van der Waals surface area contributed by atoms with Gasteiger partial charge >= 0.3 is 0 Å². The van der Waals surface area contributed by atoms with Crippen LogP contribution < -0.4 is 5.32 Å². The van der Waals surface area contributed by atoms with E-state index in [4.69, 9.17) is 0 Å². The van der Waals surface area contributed by atoms with Crippen molar-refractivity contribution >= 4 is 34.4 Å². The lowest BCUT2D eigenvalue weighted by atomic mass is 9.90. The van der Waals surface area contributed by atoms with Gasteiger partial charge in [0, 0.05) is 5.69 Å². The molecule has 0 spiro atoms. The normalized spacial score (nSPS) is 13.8. The van der Waals surface area contributed by atoms with Crippen molar-refractivity contribution in [2.24, 2.45) is 0 Å². The Labute approximate surface area is 132 Å². The van der Waals surface area contributed by atoms with Crippen LogP contribution in [0.5, 0.6) is 0 Å². The third-order valence-electron chi connectivity index (χ3n) is 4.17. The van der Waals surface area contributed by atoms with Crippen LogP contribution in [0.3, 0.4) is 0 Å².